The molecular formula is C18H18N2O4S. The van der Waals surface area contributed by atoms with Crippen molar-refractivity contribution in [1.82, 2.24) is 4.57 Å². The van der Waals surface area contributed by atoms with Crippen molar-refractivity contribution in [1.29, 1.82) is 0 Å². The van der Waals surface area contributed by atoms with E-state index in [1.807, 2.05) is 29.8 Å². The number of ether oxygens (including phenoxy) is 3. The SMILES string of the molecule is COc1cccc(OC)c1C(=O)N=c1sc2cccc(OC)c2n1C. The monoisotopic (exact) mass is 358 g/mol. The molecule has 1 amide bonds. The second-order valence-electron chi connectivity index (χ2n) is 5.21. The quantitative estimate of drug-likeness (QED) is 0.719. The molecule has 0 N–H and O–H groups in total. The molecule has 3 rings (SSSR count). The summed E-state index contributed by atoms with van der Waals surface area (Å²) in [5.74, 6) is 1.17. The smallest absolute Gasteiger partial charge is 0.287 e. The van der Waals surface area contributed by atoms with Gasteiger partial charge in [0.05, 0.1) is 26.0 Å². The average Bonchev–Trinajstić information content (AvgIpc) is 2.96. The van der Waals surface area contributed by atoms with Crippen LogP contribution < -0.4 is 19.0 Å². The van der Waals surface area contributed by atoms with Gasteiger partial charge in [-0.2, -0.15) is 4.99 Å². The number of aromatic nitrogens is 1. The third-order valence-electron chi connectivity index (χ3n) is 3.84. The van der Waals surface area contributed by atoms with Gasteiger partial charge in [0.2, 0.25) is 0 Å². The number of rotatable bonds is 4. The summed E-state index contributed by atoms with van der Waals surface area (Å²) in [7, 11) is 6.49. The van der Waals surface area contributed by atoms with E-state index < -0.39 is 5.91 Å². The van der Waals surface area contributed by atoms with Crippen molar-refractivity contribution >= 4 is 27.5 Å². The predicted molar refractivity (Wildman–Crippen MR) is 96.8 cm³/mol. The van der Waals surface area contributed by atoms with Crippen molar-refractivity contribution in [2.45, 2.75) is 0 Å². The number of fused-ring (bicyclic) bond motifs is 1. The van der Waals surface area contributed by atoms with Gasteiger partial charge in [0.25, 0.3) is 5.91 Å². The molecule has 0 atom stereocenters. The molecular weight excluding hydrogens is 340 g/mol. The first kappa shape index (κ1) is 17.0. The lowest BCUT2D eigenvalue weighted by molar-refractivity contribution is 0.0992. The van der Waals surface area contributed by atoms with Gasteiger partial charge in [-0.3, -0.25) is 4.79 Å². The van der Waals surface area contributed by atoms with E-state index in [4.69, 9.17) is 14.2 Å². The molecule has 130 valence electrons. The zero-order valence-electron chi connectivity index (χ0n) is 14.4. The molecule has 0 saturated heterocycles. The molecule has 25 heavy (non-hydrogen) atoms. The van der Waals surface area contributed by atoms with Crippen LogP contribution in [0.2, 0.25) is 0 Å². The molecule has 0 aliphatic rings. The van der Waals surface area contributed by atoms with E-state index >= 15 is 0 Å². The van der Waals surface area contributed by atoms with Crippen LogP contribution in [0.25, 0.3) is 10.2 Å². The normalized spacial score (nSPS) is 11.6. The second kappa shape index (κ2) is 6.98. The predicted octanol–water partition coefficient (Wildman–Crippen LogP) is 3.01. The summed E-state index contributed by atoms with van der Waals surface area (Å²) >= 11 is 1.42. The minimum Gasteiger partial charge on any atom is -0.496 e. The lowest BCUT2D eigenvalue weighted by atomic mass is 10.1. The summed E-state index contributed by atoms with van der Waals surface area (Å²) in [4.78, 5) is 17.6. The summed E-state index contributed by atoms with van der Waals surface area (Å²) in [6.07, 6.45) is 0. The van der Waals surface area contributed by atoms with Crippen molar-refractivity contribution in [3.8, 4) is 17.2 Å². The Morgan fingerprint density at radius 3 is 2.12 bits per heavy atom. The Labute approximate surface area is 148 Å². The molecule has 1 heterocycles. The van der Waals surface area contributed by atoms with Crippen LogP contribution in [0.5, 0.6) is 17.2 Å². The summed E-state index contributed by atoms with van der Waals surface area (Å²) in [5.41, 5.74) is 1.20. The number of amides is 1. The van der Waals surface area contributed by atoms with Gasteiger partial charge in [0.15, 0.2) is 4.80 Å². The first-order valence-corrected chi connectivity index (χ1v) is 8.35. The number of carbonyl (C=O) groups is 1. The van der Waals surface area contributed by atoms with Gasteiger partial charge in [-0.25, -0.2) is 0 Å². The van der Waals surface area contributed by atoms with Gasteiger partial charge >= 0.3 is 0 Å². The number of aryl methyl sites for hydroxylation is 1. The molecule has 1 aromatic heterocycles. The first-order chi connectivity index (χ1) is 12.1. The number of para-hydroxylation sites is 1. The third kappa shape index (κ3) is 2.98. The van der Waals surface area contributed by atoms with Crippen LogP contribution in [0.4, 0.5) is 0 Å². The fourth-order valence-corrected chi connectivity index (χ4v) is 3.68. The molecule has 0 aliphatic heterocycles. The molecule has 0 saturated carbocycles. The van der Waals surface area contributed by atoms with E-state index in [1.54, 1.807) is 25.3 Å². The van der Waals surface area contributed by atoms with Crippen LogP contribution in [0.15, 0.2) is 41.4 Å². The van der Waals surface area contributed by atoms with Crippen molar-refractivity contribution in [3.05, 3.63) is 46.8 Å². The highest BCUT2D eigenvalue weighted by Gasteiger charge is 2.18. The Morgan fingerprint density at radius 2 is 1.52 bits per heavy atom. The lowest BCUT2D eigenvalue weighted by Crippen LogP contribution is -2.14. The molecule has 0 unspecified atom stereocenters. The van der Waals surface area contributed by atoms with Gasteiger partial charge in [0.1, 0.15) is 28.3 Å². The van der Waals surface area contributed by atoms with E-state index in [9.17, 15) is 4.79 Å². The van der Waals surface area contributed by atoms with E-state index in [1.165, 1.54) is 25.6 Å². The first-order valence-electron chi connectivity index (χ1n) is 7.53. The Morgan fingerprint density at radius 1 is 0.960 bits per heavy atom. The highest BCUT2D eigenvalue weighted by atomic mass is 32.1. The summed E-state index contributed by atoms with van der Waals surface area (Å²) < 4.78 is 18.8. The number of thiazole rings is 1. The standard InChI is InChI=1S/C18H18N2O4S/c1-20-16-13(24-4)9-6-10-14(16)25-18(20)19-17(21)15-11(22-2)7-5-8-12(15)23-3/h5-10H,1-4H3. The molecule has 6 nitrogen and oxygen atoms in total. The summed E-state index contributed by atoms with van der Waals surface area (Å²) in [5, 5.41) is 0. The highest BCUT2D eigenvalue weighted by Crippen LogP contribution is 2.29. The van der Waals surface area contributed by atoms with Crippen molar-refractivity contribution in [2.75, 3.05) is 21.3 Å². The molecule has 0 spiro atoms. The van der Waals surface area contributed by atoms with E-state index in [-0.39, 0.29) is 0 Å². The maximum atomic E-state index is 12.8. The molecule has 0 radical (unpaired) electrons. The Hall–Kier alpha value is -2.80. The molecule has 0 bridgehead atoms. The van der Waals surface area contributed by atoms with Gasteiger partial charge in [-0.05, 0) is 24.3 Å². The van der Waals surface area contributed by atoms with Crippen LogP contribution >= 0.6 is 11.3 Å². The Balaban J connectivity index is 2.18. The Kier molecular flexibility index (Phi) is 4.76. The molecule has 3 aromatic rings. The molecule has 2 aromatic carbocycles. The lowest BCUT2D eigenvalue weighted by Gasteiger charge is -2.09. The van der Waals surface area contributed by atoms with Crippen LogP contribution in [-0.4, -0.2) is 31.8 Å². The molecule has 0 aliphatic carbocycles. The number of nitrogens with zero attached hydrogens (tertiary/aromatic N) is 2. The fraction of sp³-hybridized carbons (Fsp3) is 0.222. The number of methoxy groups -OCH3 is 3. The van der Waals surface area contributed by atoms with E-state index in [0.717, 1.165) is 16.0 Å². The second-order valence-corrected chi connectivity index (χ2v) is 6.21. The minimum atomic E-state index is -0.421. The zero-order chi connectivity index (χ0) is 18.0. The average molecular weight is 358 g/mol. The minimum absolute atomic E-state index is 0.303. The summed E-state index contributed by atoms with van der Waals surface area (Å²) in [6.45, 7) is 0. The number of hydrogen-bond donors (Lipinski definition) is 0. The van der Waals surface area contributed by atoms with Gasteiger partial charge in [-0.15, -0.1) is 0 Å². The molecule has 0 fully saturated rings. The number of hydrogen-bond acceptors (Lipinski definition) is 5. The van der Waals surface area contributed by atoms with E-state index in [2.05, 4.69) is 4.99 Å². The van der Waals surface area contributed by atoms with Crippen LogP contribution in [0.1, 0.15) is 10.4 Å². The maximum Gasteiger partial charge on any atom is 0.287 e. The van der Waals surface area contributed by atoms with Crippen LogP contribution in [-0.2, 0) is 7.05 Å². The van der Waals surface area contributed by atoms with Crippen molar-refractivity contribution < 1.29 is 19.0 Å². The fourth-order valence-electron chi connectivity index (χ4n) is 2.64. The highest BCUT2D eigenvalue weighted by molar-refractivity contribution is 7.16. The largest absolute Gasteiger partial charge is 0.496 e. The third-order valence-corrected chi connectivity index (χ3v) is 4.94. The van der Waals surface area contributed by atoms with E-state index in [0.29, 0.717) is 21.9 Å². The van der Waals surface area contributed by atoms with Gasteiger partial charge < -0.3 is 18.8 Å². The topological polar surface area (TPSA) is 62.1 Å². The van der Waals surface area contributed by atoms with Gasteiger partial charge in [0, 0.05) is 7.05 Å². The van der Waals surface area contributed by atoms with Crippen molar-refractivity contribution in [2.24, 2.45) is 12.0 Å². The maximum absolute atomic E-state index is 12.8. The zero-order valence-corrected chi connectivity index (χ0v) is 15.2. The summed E-state index contributed by atoms with van der Waals surface area (Å²) in [6, 6.07) is 10.9. The molecule has 7 heteroatoms. The van der Waals surface area contributed by atoms with Gasteiger partial charge in [-0.1, -0.05) is 23.5 Å². The number of benzene rings is 2. The van der Waals surface area contributed by atoms with Crippen LogP contribution in [0.3, 0.4) is 0 Å². The Bertz CT molecular complexity index is 982. The number of carbonyl (C=O) groups excluding carboxylic acids is 1. The van der Waals surface area contributed by atoms with Crippen molar-refractivity contribution in [3.63, 3.8) is 0 Å². The van der Waals surface area contributed by atoms with Crippen LogP contribution in [0, 0.1) is 0 Å².